The lowest BCUT2D eigenvalue weighted by Gasteiger charge is -2.17. The van der Waals surface area contributed by atoms with Crippen molar-refractivity contribution in [2.45, 2.75) is 13.0 Å². The van der Waals surface area contributed by atoms with E-state index in [-0.39, 0.29) is 21.8 Å². The second-order valence-electron chi connectivity index (χ2n) is 7.14. The minimum Gasteiger partial charge on any atom is -0.507 e. The summed E-state index contributed by atoms with van der Waals surface area (Å²) in [7, 11) is 0. The molecule has 0 aliphatic rings. The Labute approximate surface area is 214 Å². The number of anilines is 1. The van der Waals surface area contributed by atoms with E-state index in [1.165, 1.54) is 12.1 Å². The first-order valence-corrected chi connectivity index (χ1v) is 11.4. The number of hydrogen-bond donors (Lipinski definition) is 3. The predicted octanol–water partition coefficient (Wildman–Crippen LogP) is 6.44. The van der Waals surface area contributed by atoms with E-state index in [1.54, 1.807) is 49.4 Å². The van der Waals surface area contributed by atoms with Crippen LogP contribution in [-0.4, -0.2) is 27.2 Å². The Balaban J connectivity index is 1.44. The quantitative estimate of drug-likeness (QED) is 0.199. The van der Waals surface area contributed by atoms with Crippen LogP contribution < -0.4 is 15.4 Å². The molecule has 1 aromatic heterocycles. The Bertz CT molecular complexity index is 1410. The molecule has 1 unspecified atom stereocenters. The second kappa shape index (κ2) is 10.1. The van der Waals surface area contributed by atoms with Crippen molar-refractivity contribution in [1.82, 2.24) is 10.3 Å². The van der Waals surface area contributed by atoms with Gasteiger partial charge in [-0.25, -0.2) is 4.98 Å². The first kappa shape index (κ1) is 24.1. The summed E-state index contributed by atoms with van der Waals surface area (Å²) in [5.74, 6) is -0.0102. The number of carbonyl (C=O) groups is 1. The van der Waals surface area contributed by atoms with Crippen LogP contribution in [-0.2, 0) is 4.79 Å². The minimum atomic E-state index is -0.889. The van der Waals surface area contributed by atoms with Gasteiger partial charge in [-0.15, -0.1) is 0 Å². The average molecular weight is 537 g/mol. The third kappa shape index (κ3) is 5.53. The van der Waals surface area contributed by atoms with E-state index in [0.717, 1.165) is 0 Å². The molecule has 0 aliphatic heterocycles. The van der Waals surface area contributed by atoms with Crippen LogP contribution in [0.15, 0.2) is 59.0 Å². The fourth-order valence-corrected chi connectivity index (χ4v) is 3.83. The summed E-state index contributed by atoms with van der Waals surface area (Å²) >= 11 is 23.2. The van der Waals surface area contributed by atoms with Gasteiger partial charge in [0.15, 0.2) is 16.8 Å². The summed E-state index contributed by atoms with van der Waals surface area (Å²) in [6.07, 6.45) is -0.889. The molecule has 174 valence electrons. The zero-order valence-corrected chi connectivity index (χ0v) is 20.5. The molecular formula is C23H16Cl3N3O4S. The van der Waals surface area contributed by atoms with Gasteiger partial charge in [-0.1, -0.05) is 34.8 Å². The van der Waals surface area contributed by atoms with Crippen molar-refractivity contribution in [3.05, 3.63) is 69.7 Å². The van der Waals surface area contributed by atoms with Crippen LogP contribution in [0.25, 0.3) is 22.6 Å². The van der Waals surface area contributed by atoms with E-state index in [9.17, 15) is 9.90 Å². The molecule has 4 aromatic rings. The Morgan fingerprint density at radius 1 is 1.09 bits per heavy atom. The molecule has 1 atom stereocenters. The topological polar surface area (TPSA) is 96.6 Å². The highest BCUT2D eigenvalue weighted by molar-refractivity contribution is 7.80. The van der Waals surface area contributed by atoms with Gasteiger partial charge in [0.1, 0.15) is 17.0 Å². The lowest BCUT2D eigenvalue weighted by molar-refractivity contribution is -0.125. The number of oxazole rings is 1. The van der Waals surface area contributed by atoms with Crippen LogP contribution in [0.2, 0.25) is 15.1 Å². The van der Waals surface area contributed by atoms with Crippen molar-refractivity contribution < 1.29 is 19.1 Å². The molecule has 34 heavy (non-hydrogen) atoms. The Morgan fingerprint density at radius 3 is 2.59 bits per heavy atom. The summed E-state index contributed by atoms with van der Waals surface area (Å²) in [6.45, 7) is 1.56. The van der Waals surface area contributed by atoms with Gasteiger partial charge in [-0.2, -0.15) is 0 Å². The molecule has 3 N–H and O–H groups in total. The van der Waals surface area contributed by atoms with Crippen LogP contribution >= 0.6 is 47.0 Å². The Kier molecular flexibility index (Phi) is 7.13. The zero-order chi connectivity index (χ0) is 24.4. The first-order chi connectivity index (χ1) is 16.2. The van der Waals surface area contributed by atoms with Crippen molar-refractivity contribution in [3.8, 4) is 23.0 Å². The van der Waals surface area contributed by atoms with E-state index in [4.69, 9.17) is 56.2 Å². The SMILES string of the molecule is CC(Oc1ccc(Cl)cc1Cl)C(=O)NC(=S)Nc1ccc(O)c(-c2nc3cc(Cl)ccc3o2)c1. The first-order valence-electron chi connectivity index (χ1n) is 9.82. The number of thiocarbonyl (C=S) groups is 1. The van der Waals surface area contributed by atoms with Gasteiger partial charge in [0.2, 0.25) is 5.89 Å². The van der Waals surface area contributed by atoms with Gasteiger partial charge in [-0.05, 0) is 73.7 Å². The maximum Gasteiger partial charge on any atom is 0.266 e. The smallest absolute Gasteiger partial charge is 0.266 e. The van der Waals surface area contributed by atoms with Crippen LogP contribution in [0, 0.1) is 0 Å². The molecule has 1 heterocycles. The fraction of sp³-hybridized carbons (Fsp3) is 0.0870. The van der Waals surface area contributed by atoms with Crippen molar-refractivity contribution in [2.24, 2.45) is 0 Å². The number of fused-ring (bicyclic) bond motifs is 1. The number of carbonyl (C=O) groups excluding carboxylic acids is 1. The largest absolute Gasteiger partial charge is 0.507 e. The van der Waals surface area contributed by atoms with Crippen LogP contribution in [0.1, 0.15) is 6.92 Å². The van der Waals surface area contributed by atoms with Gasteiger partial charge in [0.25, 0.3) is 5.91 Å². The predicted molar refractivity (Wildman–Crippen MR) is 137 cm³/mol. The molecule has 0 fully saturated rings. The molecule has 0 saturated heterocycles. The summed E-state index contributed by atoms with van der Waals surface area (Å²) in [6, 6.07) is 14.4. The highest BCUT2D eigenvalue weighted by atomic mass is 35.5. The summed E-state index contributed by atoms with van der Waals surface area (Å²) in [5, 5.41) is 17.0. The standard InChI is InChI=1S/C23H16Cl3N3O4S/c1-11(32-19-6-2-12(24)8-16(19)26)21(31)29-23(34)27-14-4-5-18(30)15(10-14)22-28-17-9-13(25)3-7-20(17)33-22/h2-11,30H,1H3,(H2,27,29,31,34). The maximum atomic E-state index is 12.5. The molecule has 1 amide bonds. The molecule has 0 saturated carbocycles. The number of ether oxygens (including phenoxy) is 1. The van der Waals surface area contributed by atoms with Crippen LogP contribution in [0.4, 0.5) is 5.69 Å². The van der Waals surface area contributed by atoms with E-state index in [2.05, 4.69) is 15.6 Å². The number of amides is 1. The van der Waals surface area contributed by atoms with Crippen molar-refractivity contribution in [1.29, 1.82) is 0 Å². The number of phenols is 1. The molecule has 0 radical (unpaired) electrons. The molecular weight excluding hydrogens is 521 g/mol. The fourth-order valence-electron chi connectivity index (χ4n) is 2.99. The van der Waals surface area contributed by atoms with Gasteiger partial charge < -0.3 is 19.6 Å². The molecule has 11 heteroatoms. The van der Waals surface area contributed by atoms with Gasteiger partial charge in [0, 0.05) is 15.7 Å². The third-order valence-electron chi connectivity index (χ3n) is 4.64. The maximum absolute atomic E-state index is 12.5. The number of aromatic nitrogens is 1. The van der Waals surface area contributed by atoms with Crippen LogP contribution in [0.5, 0.6) is 11.5 Å². The molecule has 4 rings (SSSR count). The van der Waals surface area contributed by atoms with Crippen LogP contribution in [0.3, 0.4) is 0 Å². The Morgan fingerprint density at radius 2 is 1.82 bits per heavy atom. The number of nitrogens with one attached hydrogen (secondary N) is 2. The molecule has 7 nitrogen and oxygen atoms in total. The van der Waals surface area contributed by atoms with Gasteiger partial charge in [-0.3, -0.25) is 10.1 Å². The van der Waals surface area contributed by atoms with Crippen molar-refractivity contribution in [3.63, 3.8) is 0 Å². The van der Waals surface area contributed by atoms with E-state index in [1.807, 2.05) is 0 Å². The number of halogens is 3. The normalized spacial score (nSPS) is 11.8. The summed E-state index contributed by atoms with van der Waals surface area (Å²) < 4.78 is 11.3. The van der Waals surface area contributed by atoms with E-state index >= 15 is 0 Å². The number of nitrogens with zero attached hydrogens (tertiary/aromatic N) is 1. The number of aromatic hydroxyl groups is 1. The molecule has 0 bridgehead atoms. The van der Waals surface area contributed by atoms with Crippen molar-refractivity contribution in [2.75, 3.05) is 5.32 Å². The zero-order valence-electron chi connectivity index (χ0n) is 17.4. The lowest BCUT2D eigenvalue weighted by Crippen LogP contribution is -2.42. The molecule has 0 spiro atoms. The summed E-state index contributed by atoms with van der Waals surface area (Å²) in [4.78, 5) is 16.9. The number of phenolic OH excluding ortho intramolecular Hbond substituents is 1. The third-order valence-corrected chi connectivity index (χ3v) is 5.61. The molecule has 3 aromatic carbocycles. The monoisotopic (exact) mass is 535 g/mol. The van der Waals surface area contributed by atoms with E-state index < -0.39 is 12.0 Å². The Hall–Kier alpha value is -3.04. The highest BCUT2D eigenvalue weighted by Gasteiger charge is 2.18. The second-order valence-corrected chi connectivity index (χ2v) is 8.83. The average Bonchev–Trinajstić information content (AvgIpc) is 3.19. The summed E-state index contributed by atoms with van der Waals surface area (Å²) in [5.41, 5.74) is 1.90. The lowest BCUT2D eigenvalue weighted by atomic mass is 10.1. The number of rotatable bonds is 5. The number of hydrogen-bond acceptors (Lipinski definition) is 6. The number of benzene rings is 3. The van der Waals surface area contributed by atoms with E-state index in [0.29, 0.717) is 38.1 Å². The minimum absolute atomic E-state index is 0.0311. The van der Waals surface area contributed by atoms with Crippen molar-refractivity contribution >= 4 is 74.8 Å². The van der Waals surface area contributed by atoms with Gasteiger partial charge in [0.05, 0.1) is 10.6 Å². The highest BCUT2D eigenvalue weighted by Crippen LogP contribution is 2.34. The van der Waals surface area contributed by atoms with Gasteiger partial charge >= 0.3 is 0 Å². The molecule has 0 aliphatic carbocycles.